The van der Waals surface area contributed by atoms with E-state index in [4.69, 9.17) is 9.47 Å². The first kappa shape index (κ1) is 46.6. The second kappa shape index (κ2) is 23.0. The SMILES string of the molecule is CCCCN1C(=O)[C@H]([C@H](O)C2CCCCC2)NC(=O)C12CCN(Cc1ccc(Oc3ccc(C(=O)NCCOCCCc4ccc(CCC(=O)CC(C)=O)cc4)cc3)cc1)CC2. The minimum atomic E-state index is -0.879. The molecule has 3 fully saturated rings. The second-order valence-electron chi connectivity index (χ2n) is 17.5. The molecule has 0 bridgehead atoms. The fourth-order valence-corrected chi connectivity index (χ4v) is 9.11. The zero-order valence-corrected chi connectivity index (χ0v) is 36.7. The summed E-state index contributed by atoms with van der Waals surface area (Å²) in [5.74, 6) is 0.812. The first-order valence-electron chi connectivity index (χ1n) is 22.9. The molecule has 2 atom stereocenters. The highest BCUT2D eigenvalue weighted by molar-refractivity contribution is 6.00. The number of nitrogens with one attached hydrogen (secondary N) is 2. The number of hydrogen-bond acceptors (Lipinski definition) is 9. The third kappa shape index (κ3) is 12.8. The van der Waals surface area contributed by atoms with Crippen molar-refractivity contribution in [3.8, 4) is 11.5 Å². The van der Waals surface area contributed by atoms with Crippen molar-refractivity contribution in [2.75, 3.05) is 39.4 Å². The van der Waals surface area contributed by atoms with Gasteiger partial charge in [-0.25, -0.2) is 0 Å². The van der Waals surface area contributed by atoms with Gasteiger partial charge in [0.25, 0.3) is 5.91 Å². The smallest absolute Gasteiger partial charge is 0.251 e. The van der Waals surface area contributed by atoms with Crippen LogP contribution in [0, 0.1) is 5.92 Å². The Morgan fingerprint density at radius 1 is 0.839 bits per heavy atom. The third-order valence-corrected chi connectivity index (χ3v) is 12.8. The van der Waals surface area contributed by atoms with Gasteiger partial charge in [0.2, 0.25) is 11.8 Å². The zero-order valence-electron chi connectivity index (χ0n) is 36.7. The molecule has 3 aromatic rings. The van der Waals surface area contributed by atoms with E-state index in [-0.39, 0.29) is 41.6 Å². The van der Waals surface area contributed by atoms with Crippen molar-refractivity contribution >= 4 is 29.3 Å². The Morgan fingerprint density at radius 3 is 2.11 bits per heavy atom. The van der Waals surface area contributed by atoms with E-state index in [1.165, 1.54) is 12.5 Å². The number of likely N-dealkylation sites (tertiary alicyclic amines) is 1. The Balaban J connectivity index is 0.878. The number of ketones is 2. The van der Waals surface area contributed by atoms with E-state index in [9.17, 15) is 29.1 Å². The van der Waals surface area contributed by atoms with Crippen molar-refractivity contribution in [3.63, 3.8) is 0 Å². The number of aryl methyl sites for hydroxylation is 2. The monoisotopic (exact) mass is 850 g/mol. The normalized spacial score (nSPS) is 18.6. The number of Topliss-reactive ketones (excluding diaryl/α,β-unsaturated/α-hetero) is 2. The number of amides is 3. The molecule has 0 aromatic heterocycles. The maximum atomic E-state index is 14.0. The Morgan fingerprint density at radius 2 is 1.47 bits per heavy atom. The summed E-state index contributed by atoms with van der Waals surface area (Å²) in [6.45, 7) is 7.53. The number of ether oxygens (including phenoxy) is 2. The van der Waals surface area contributed by atoms with Crippen molar-refractivity contribution in [2.24, 2.45) is 5.92 Å². The highest BCUT2D eigenvalue weighted by Gasteiger charge is 2.55. The highest BCUT2D eigenvalue weighted by atomic mass is 16.5. The summed E-state index contributed by atoms with van der Waals surface area (Å²) in [6, 6.07) is 22.3. The van der Waals surface area contributed by atoms with Gasteiger partial charge in [0.05, 0.1) is 19.1 Å². The molecular formula is C50H66N4O8. The van der Waals surface area contributed by atoms with E-state index >= 15 is 0 Å². The molecule has 0 unspecified atom stereocenters. The lowest BCUT2D eigenvalue weighted by Gasteiger charge is -2.52. The van der Waals surface area contributed by atoms with Crippen molar-refractivity contribution in [1.29, 1.82) is 0 Å². The molecular weight excluding hydrogens is 785 g/mol. The van der Waals surface area contributed by atoms with E-state index in [1.54, 1.807) is 24.3 Å². The lowest BCUT2D eigenvalue weighted by molar-refractivity contribution is -0.166. The van der Waals surface area contributed by atoms with Gasteiger partial charge in [-0.2, -0.15) is 0 Å². The van der Waals surface area contributed by atoms with Gasteiger partial charge in [0, 0.05) is 51.3 Å². The first-order chi connectivity index (χ1) is 30.0. The number of piperidine rings is 1. The van der Waals surface area contributed by atoms with Crippen molar-refractivity contribution in [1.82, 2.24) is 20.4 Å². The van der Waals surface area contributed by atoms with E-state index < -0.39 is 17.7 Å². The molecule has 2 saturated heterocycles. The van der Waals surface area contributed by atoms with Gasteiger partial charge >= 0.3 is 0 Å². The van der Waals surface area contributed by atoms with E-state index in [1.807, 2.05) is 41.3 Å². The summed E-state index contributed by atoms with van der Waals surface area (Å²) in [5, 5.41) is 17.2. The fourth-order valence-electron chi connectivity index (χ4n) is 9.11. The quantitative estimate of drug-likeness (QED) is 0.0737. The topological polar surface area (TPSA) is 155 Å². The Bertz CT molecular complexity index is 1940. The van der Waals surface area contributed by atoms with Crippen LogP contribution in [0.4, 0.5) is 0 Å². The maximum Gasteiger partial charge on any atom is 0.251 e. The van der Waals surface area contributed by atoms with Crippen LogP contribution in [0.2, 0.25) is 0 Å². The van der Waals surface area contributed by atoms with Crippen LogP contribution in [-0.2, 0) is 43.3 Å². The molecule has 62 heavy (non-hydrogen) atoms. The van der Waals surface area contributed by atoms with Gasteiger partial charge < -0.3 is 30.1 Å². The predicted octanol–water partition coefficient (Wildman–Crippen LogP) is 6.74. The van der Waals surface area contributed by atoms with Crippen molar-refractivity contribution in [2.45, 2.75) is 128 Å². The summed E-state index contributed by atoms with van der Waals surface area (Å²) in [6.07, 6.45) is 9.83. The third-order valence-electron chi connectivity index (χ3n) is 12.8. The van der Waals surface area contributed by atoms with Crippen LogP contribution in [0.1, 0.15) is 118 Å². The average molecular weight is 851 g/mol. The van der Waals surface area contributed by atoms with Crippen LogP contribution in [0.25, 0.3) is 0 Å². The number of aliphatic hydroxyl groups is 1. The lowest BCUT2D eigenvalue weighted by Crippen LogP contribution is -2.75. The number of piperazine rings is 1. The highest BCUT2D eigenvalue weighted by Crippen LogP contribution is 2.37. The van der Waals surface area contributed by atoms with Crippen LogP contribution in [0.3, 0.4) is 0 Å². The molecule has 1 spiro atoms. The fraction of sp³-hybridized carbons (Fsp3) is 0.540. The maximum absolute atomic E-state index is 14.0. The number of benzene rings is 3. The molecule has 334 valence electrons. The Hall–Kier alpha value is -4.91. The number of nitrogens with zero attached hydrogens (tertiary/aromatic N) is 2. The minimum absolute atomic E-state index is 0.0115. The molecule has 3 amide bonds. The van der Waals surface area contributed by atoms with Gasteiger partial charge in [0.15, 0.2) is 0 Å². The first-order valence-corrected chi connectivity index (χ1v) is 22.9. The number of hydrogen-bond donors (Lipinski definition) is 3. The van der Waals surface area contributed by atoms with E-state index in [0.29, 0.717) is 88.7 Å². The average Bonchev–Trinajstić information content (AvgIpc) is 3.28. The summed E-state index contributed by atoms with van der Waals surface area (Å²) in [5.41, 5.74) is 3.05. The number of carbonyl (C=O) groups excluding carboxylic acids is 5. The predicted molar refractivity (Wildman–Crippen MR) is 238 cm³/mol. The molecule has 3 aliphatic rings. The summed E-state index contributed by atoms with van der Waals surface area (Å²) in [7, 11) is 0. The van der Waals surface area contributed by atoms with Crippen LogP contribution in [-0.4, -0.2) is 101 Å². The van der Waals surface area contributed by atoms with E-state index in [2.05, 4.69) is 34.6 Å². The molecule has 3 N–H and O–H groups in total. The zero-order chi connectivity index (χ0) is 43.9. The molecule has 3 aromatic carbocycles. The van der Waals surface area contributed by atoms with Crippen LogP contribution in [0.15, 0.2) is 72.8 Å². The summed E-state index contributed by atoms with van der Waals surface area (Å²) < 4.78 is 11.8. The second-order valence-corrected chi connectivity index (χ2v) is 17.5. The standard InChI is InChI=1S/C50H66N4O8/c1-3-4-29-54-48(59)45(46(57)40-10-6-5-7-11-40)52-49(60)50(54)26-30-53(31-27-50)35-39-17-22-43(23-18-39)62-44-24-19-41(20-25-44)47(58)51-28-33-61-32-8-9-37-12-14-38(15-13-37)16-21-42(56)34-36(2)55/h12-15,17-20,22-25,40,45-46,57H,3-11,16,21,26-35H2,1-2H3,(H,51,58)(H,52,60)/t45-,46+/m0/s1. The molecule has 12 nitrogen and oxygen atoms in total. The molecule has 12 heteroatoms. The number of aliphatic hydroxyl groups excluding tert-OH is 1. The number of rotatable bonds is 22. The largest absolute Gasteiger partial charge is 0.457 e. The Kier molecular flexibility index (Phi) is 17.3. The van der Waals surface area contributed by atoms with Crippen molar-refractivity contribution in [3.05, 3.63) is 95.1 Å². The van der Waals surface area contributed by atoms with Crippen molar-refractivity contribution < 1.29 is 38.6 Å². The molecule has 1 saturated carbocycles. The number of unbranched alkanes of at least 4 members (excludes halogenated alkanes) is 1. The van der Waals surface area contributed by atoms with Crippen LogP contribution < -0.4 is 15.4 Å². The van der Waals surface area contributed by atoms with E-state index in [0.717, 1.165) is 68.9 Å². The summed E-state index contributed by atoms with van der Waals surface area (Å²) in [4.78, 5) is 67.6. The Labute approximate surface area is 367 Å². The molecule has 2 heterocycles. The van der Waals surface area contributed by atoms with Gasteiger partial charge in [-0.3, -0.25) is 28.9 Å². The number of carbonyl (C=O) groups is 5. The lowest BCUT2D eigenvalue weighted by atomic mass is 9.78. The minimum Gasteiger partial charge on any atom is -0.457 e. The van der Waals surface area contributed by atoms with Gasteiger partial charge in [-0.15, -0.1) is 0 Å². The molecule has 6 rings (SSSR count). The van der Waals surface area contributed by atoms with Crippen LogP contribution >= 0.6 is 0 Å². The molecule has 2 aliphatic heterocycles. The van der Waals surface area contributed by atoms with Gasteiger partial charge in [-0.05, 0) is 117 Å². The molecule has 1 aliphatic carbocycles. The van der Waals surface area contributed by atoms with Crippen LogP contribution in [0.5, 0.6) is 11.5 Å². The van der Waals surface area contributed by atoms with Gasteiger partial charge in [0.1, 0.15) is 34.6 Å². The van der Waals surface area contributed by atoms with Gasteiger partial charge in [-0.1, -0.05) is 69.0 Å². The molecule has 0 radical (unpaired) electrons. The summed E-state index contributed by atoms with van der Waals surface area (Å²) >= 11 is 0.